The van der Waals surface area contributed by atoms with Crippen LogP contribution in [0, 0.1) is 5.92 Å². The smallest absolute Gasteiger partial charge is 0.471 e. The Kier molecular flexibility index (Phi) is 9.07. The van der Waals surface area contributed by atoms with E-state index in [2.05, 4.69) is 9.97 Å². The third kappa shape index (κ3) is 7.83. The van der Waals surface area contributed by atoms with Crippen molar-refractivity contribution in [1.82, 2.24) is 20.2 Å². The Bertz CT molecular complexity index is 1270. The molecule has 214 valence electrons. The Morgan fingerprint density at radius 2 is 1.77 bits per heavy atom. The molecule has 1 aliphatic carbocycles. The van der Waals surface area contributed by atoms with E-state index in [4.69, 9.17) is 14.2 Å². The molecule has 2 N–H and O–H groups in total. The van der Waals surface area contributed by atoms with Crippen LogP contribution >= 0.6 is 0 Å². The number of halogens is 3. The van der Waals surface area contributed by atoms with Crippen LogP contribution in [-0.2, 0) is 14.3 Å². The van der Waals surface area contributed by atoms with Gasteiger partial charge in [0.25, 0.3) is 5.56 Å². The van der Waals surface area contributed by atoms with Crippen molar-refractivity contribution in [3.63, 3.8) is 0 Å². The largest absolute Gasteiger partial charge is 0.493 e. The van der Waals surface area contributed by atoms with Gasteiger partial charge in [0, 0.05) is 25.1 Å². The van der Waals surface area contributed by atoms with Crippen LogP contribution in [-0.4, -0.2) is 70.9 Å². The van der Waals surface area contributed by atoms with E-state index < -0.39 is 48.7 Å². The van der Waals surface area contributed by atoms with Gasteiger partial charge in [-0.2, -0.15) is 13.2 Å². The minimum Gasteiger partial charge on any atom is -0.493 e. The molecule has 0 unspecified atom stereocenters. The molecule has 1 aliphatic rings. The molecule has 1 aromatic carbocycles. The summed E-state index contributed by atoms with van der Waals surface area (Å²) in [6.07, 6.45) is -3.62. The predicted molar refractivity (Wildman–Crippen MR) is 132 cm³/mol. The summed E-state index contributed by atoms with van der Waals surface area (Å²) in [7, 11) is 1.46. The van der Waals surface area contributed by atoms with Crippen molar-refractivity contribution in [2.45, 2.75) is 64.3 Å². The second-order valence-corrected chi connectivity index (χ2v) is 10.1. The van der Waals surface area contributed by atoms with Crippen molar-refractivity contribution in [1.29, 1.82) is 0 Å². The lowest BCUT2D eigenvalue weighted by Crippen LogP contribution is -2.49. The van der Waals surface area contributed by atoms with E-state index in [9.17, 15) is 32.3 Å². The minimum absolute atomic E-state index is 0.322. The molecule has 0 aliphatic heterocycles. The molecule has 2 aromatic rings. The van der Waals surface area contributed by atoms with E-state index in [1.807, 2.05) is 0 Å². The maximum absolute atomic E-state index is 13.2. The molecule has 0 radical (unpaired) electrons. The number of carbonyl (C=O) groups is 3. The summed E-state index contributed by atoms with van der Waals surface area (Å²) in [5.41, 5.74) is -0.853. The zero-order valence-electron chi connectivity index (χ0n) is 22.0. The fraction of sp³-hybridized carbons (Fsp3) is 0.560. The van der Waals surface area contributed by atoms with Crippen molar-refractivity contribution in [3.8, 4) is 11.5 Å². The lowest BCUT2D eigenvalue weighted by Gasteiger charge is -2.32. The number of alkyl halides is 3. The highest BCUT2D eigenvalue weighted by Gasteiger charge is 2.39. The highest BCUT2D eigenvalue weighted by atomic mass is 19.4. The first-order valence-corrected chi connectivity index (χ1v) is 12.3. The highest BCUT2D eigenvalue weighted by Crippen LogP contribution is 2.35. The van der Waals surface area contributed by atoms with E-state index in [-0.39, 0.29) is 11.7 Å². The number of aromatic amines is 1. The third-order valence-electron chi connectivity index (χ3n) is 6.00. The molecule has 1 aromatic heterocycles. The molecule has 0 saturated heterocycles. The molecule has 0 atom stereocenters. The van der Waals surface area contributed by atoms with Crippen molar-refractivity contribution < 1.29 is 41.8 Å². The summed E-state index contributed by atoms with van der Waals surface area (Å²) < 4.78 is 54.3. The van der Waals surface area contributed by atoms with Gasteiger partial charge >= 0.3 is 18.2 Å². The van der Waals surface area contributed by atoms with Gasteiger partial charge in [-0.15, -0.1) is 0 Å². The fourth-order valence-electron chi connectivity index (χ4n) is 4.15. The fourth-order valence-corrected chi connectivity index (χ4v) is 4.15. The number of hydrogen-bond acceptors (Lipinski definition) is 8. The number of hydrogen-bond donors (Lipinski definition) is 2. The van der Waals surface area contributed by atoms with Gasteiger partial charge in [0.15, 0.2) is 11.5 Å². The summed E-state index contributed by atoms with van der Waals surface area (Å²) in [6.45, 7) is 3.70. The molecule has 11 nitrogen and oxygen atoms in total. The van der Waals surface area contributed by atoms with Crippen LogP contribution in [0.15, 0.2) is 23.3 Å². The van der Waals surface area contributed by atoms with Crippen molar-refractivity contribution in [3.05, 3.63) is 28.8 Å². The van der Waals surface area contributed by atoms with Gasteiger partial charge in [-0.3, -0.25) is 14.4 Å². The van der Waals surface area contributed by atoms with Crippen molar-refractivity contribution in [2.24, 2.45) is 5.92 Å². The standard InChI is InChI=1S/C25H31F3N4O7/c1-24(2,3)39-23(36)32(10-9-29-22(35)25(26,27)28)21(34)14-5-7-15(8-6-14)38-19-11-16-17(12-18(19)37-4)30-13-31-20(16)33/h11-15H,5-10H2,1-4H3,(H,29,35)(H,30,31,33). The molecule has 39 heavy (non-hydrogen) atoms. The second kappa shape index (κ2) is 11.9. The van der Waals surface area contributed by atoms with Crippen LogP contribution in [0.2, 0.25) is 0 Å². The number of rotatable bonds is 7. The van der Waals surface area contributed by atoms with E-state index in [1.54, 1.807) is 32.2 Å². The van der Waals surface area contributed by atoms with Gasteiger partial charge in [-0.1, -0.05) is 0 Å². The zero-order valence-corrected chi connectivity index (χ0v) is 22.0. The summed E-state index contributed by atoms with van der Waals surface area (Å²) >= 11 is 0. The molecule has 3 amide bonds. The van der Waals surface area contributed by atoms with Crippen LogP contribution in [0.1, 0.15) is 46.5 Å². The first-order valence-electron chi connectivity index (χ1n) is 12.3. The molecule has 14 heteroatoms. The maximum atomic E-state index is 13.2. The van der Waals surface area contributed by atoms with Gasteiger partial charge < -0.3 is 24.5 Å². The number of nitrogens with one attached hydrogen (secondary N) is 2. The molecule has 0 bridgehead atoms. The van der Waals surface area contributed by atoms with Gasteiger partial charge in [-0.25, -0.2) is 14.7 Å². The summed E-state index contributed by atoms with van der Waals surface area (Å²) in [6, 6.07) is 3.13. The average Bonchev–Trinajstić information content (AvgIpc) is 2.85. The van der Waals surface area contributed by atoms with Gasteiger partial charge in [0.2, 0.25) is 5.91 Å². The average molecular weight is 557 g/mol. The summed E-state index contributed by atoms with van der Waals surface area (Å²) in [4.78, 5) is 56.6. The van der Waals surface area contributed by atoms with E-state index in [1.165, 1.54) is 19.5 Å². The quantitative estimate of drug-likeness (QED) is 0.530. The highest BCUT2D eigenvalue weighted by molar-refractivity contribution is 5.93. The number of imide groups is 1. The first kappa shape index (κ1) is 29.7. The van der Waals surface area contributed by atoms with Crippen LogP contribution in [0.3, 0.4) is 0 Å². The normalized spacial score (nSPS) is 17.8. The summed E-state index contributed by atoms with van der Waals surface area (Å²) in [5, 5.41) is 1.99. The SMILES string of the molecule is COc1cc2nc[nH]c(=O)c2cc1OC1CCC(C(=O)N(CCNC(=O)C(F)(F)F)C(=O)OC(C)(C)C)CC1. The molecule has 3 rings (SSSR count). The van der Waals surface area contributed by atoms with Gasteiger partial charge in [-0.05, 0) is 52.5 Å². The monoisotopic (exact) mass is 556 g/mol. The number of amides is 3. The van der Waals surface area contributed by atoms with Crippen molar-refractivity contribution in [2.75, 3.05) is 20.2 Å². The number of aromatic nitrogens is 2. The van der Waals surface area contributed by atoms with E-state index >= 15 is 0 Å². The number of H-pyrrole nitrogens is 1. The second-order valence-electron chi connectivity index (χ2n) is 10.1. The molecule has 1 heterocycles. The van der Waals surface area contributed by atoms with Gasteiger partial charge in [0.1, 0.15) is 5.60 Å². The lowest BCUT2D eigenvalue weighted by molar-refractivity contribution is -0.173. The Morgan fingerprint density at radius 1 is 1.10 bits per heavy atom. The summed E-state index contributed by atoms with van der Waals surface area (Å²) in [5.74, 6) is -2.66. The number of ether oxygens (including phenoxy) is 3. The minimum atomic E-state index is -5.09. The zero-order chi connectivity index (χ0) is 29.0. The number of fused-ring (bicyclic) bond motifs is 1. The topological polar surface area (TPSA) is 140 Å². The Hall–Kier alpha value is -3.84. The van der Waals surface area contributed by atoms with Crippen LogP contribution < -0.4 is 20.3 Å². The van der Waals surface area contributed by atoms with E-state index in [0.717, 1.165) is 4.90 Å². The maximum Gasteiger partial charge on any atom is 0.471 e. The van der Waals surface area contributed by atoms with Crippen LogP contribution in [0.25, 0.3) is 10.9 Å². The number of nitrogens with zero attached hydrogens (tertiary/aromatic N) is 2. The molecular formula is C25H31F3N4O7. The Morgan fingerprint density at radius 3 is 2.36 bits per heavy atom. The predicted octanol–water partition coefficient (Wildman–Crippen LogP) is 3.31. The Balaban J connectivity index is 1.67. The number of carbonyl (C=O) groups excluding carboxylic acids is 3. The lowest BCUT2D eigenvalue weighted by atomic mass is 9.86. The molecular weight excluding hydrogens is 525 g/mol. The first-order chi connectivity index (χ1) is 18.2. The molecule has 1 saturated carbocycles. The van der Waals surface area contributed by atoms with Crippen molar-refractivity contribution >= 4 is 28.8 Å². The number of benzene rings is 1. The van der Waals surface area contributed by atoms with Crippen LogP contribution in [0.4, 0.5) is 18.0 Å². The molecule has 1 fully saturated rings. The van der Waals surface area contributed by atoms with Gasteiger partial charge in [0.05, 0.1) is 30.4 Å². The Labute approximate surface area is 222 Å². The van der Waals surface area contributed by atoms with E-state index in [0.29, 0.717) is 48.1 Å². The number of methoxy groups -OCH3 is 1. The molecule has 0 spiro atoms. The van der Waals surface area contributed by atoms with Crippen LogP contribution in [0.5, 0.6) is 11.5 Å². The third-order valence-corrected chi connectivity index (χ3v) is 6.00.